The predicted octanol–water partition coefficient (Wildman–Crippen LogP) is 2.86. The minimum Gasteiger partial charge on any atom is -0.399 e. The standard InChI is InChI=1S/C10H8ClN3S/c11-9-5-14-10(6-13-9)15-8-3-1-2-7(12)4-8/h1-6H,12H2. The first-order valence-corrected chi connectivity index (χ1v) is 5.44. The molecule has 2 aromatic rings. The molecule has 0 aliphatic rings. The Morgan fingerprint density at radius 3 is 2.73 bits per heavy atom. The number of nitrogen functional groups attached to an aromatic ring is 1. The van der Waals surface area contributed by atoms with E-state index < -0.39 is 0 Å². The molecular formula is C10H8ClN3S. The molecule has 0 bridgehead atoms. The van der Waals surface area contributed by atoms with Gasteiger partial charge in [-0.05, 0) is 18.2 Å². The smallest absolute Gasteiger partial charge is 0.147 e. The van der Waals surface area contributed by atoms with Gasteiger partial charge in [-0.2, -0.15) is 0 Å². The summed E-state index contributed by atoms with van der Waals surface area (Å²) in [6, 6.07) is 7.61. The van der Waals surface area contributed by atoms with Crippen LogP contribution in [0.2, 0.25) is 5.15 Å². The highest BCUT2D eigenvalue weighted by Gasteiger charge is 1.99. The first-order chi connectivity index (χ1) is 7.24. The monoisotopic (exact) mass is 237 g/mol. The van der Waals surface area contributed by atoms with Gasteiger partial charge in [0.05, 0.1) is 12.4 Å². The van der Waals surface area contributed by atoms with Gasteiger partial charge in [-0.1, -0.05) is 29.4 Å². The summed E-state index contributed by atoms with van der Waals surface area (Å²) in [4.78, 5) is 9.11. The van der Waals surface area contributed by atoms with Gasteiger partial charge in [0.1, 0.15) is 10.2 Å². The molecule has 15 heavy (non-hydrogen) atoms. The van der Waals surface area contributed by atoms with Crippen LogP contribution in [0, 0.1) is 0 Å². The highest BCUT2D eigenvalue weighted by molar-refractivity contribution is 7.99. The van der Waals surface area contributed by atoms with Crippen molar-refractivity contribution in [1.82, 2.24) is 9.97 Å². The third kappa shape index (κ3) is 2.84. The molecule has 2 N–H and O–H groups in total. The second-order valence-corrected chi connectivity index (χ2v) is 4.33. The minimum absolute atomic E-state index is 0.395. The molecule has 0 atom stereocenters. The summed E-state index contributed by atoms with van der Waals surface area (Å²) < 4.78 is 0. The van der Waals surface area contributed by atoms with Crippen LogP contribution in [0.4, 0.5) is 5.69 Å². The molecule has 0 spiro atoms. The van der Waals surface area contributed by atoms with Gasteiger partial charge in [0.15, 0.2) is 0 Å². The Balaban J connectivity index is 2.18. The normalized spacial score (nSPS) is 10.2. The number of rotatable bonds is 2. The maximum Gasteiger partial charge on any atom is 0.147 e. The summed E-state index contributed by atoms with van der Waals surface area (Å²) >= 11 is 7.14. The zero-order valence-corrected chi connectivity index (χ0v) is 9.29. The van der Waals surface area contributed by atoms with Crippen LogP contribution in [0.15, 0.2) is 46.6 Å². The van der Waals surface area contributed by atoms with Gasteiger partial charge in [0, 0.05) is 10.6 Å². The van der Waals surface area contributed by atoms with Gasteiger partial charge in [-0.15, -0.1) is 0 Å². The van der Waals surface area contributed by atoms with Crippen molar-refractivity contribution >= 4 is 29.1 Å². The van der Waals surface area contributed by atoms with Crippen molar-refractivity contribution in [2.24, 2.45) is 0 Å². The van der Waals surface area contributed by atoms with Gasteiger partial charge in [0.25, 0.3) is 0 Å². The zero-order chi connectivity index (χ0) is 10.7. The van der Waals surface area contributed by atoms with Crippen molar-refractivity contribution in [2.45, 2.75) is 9.92 Å². The summed E-state index contributed by atoms with van der Waals surface area (Å²) in [5.74, 6) is 0. The summed E-state index contributed by atoms with van der Waals surface area (Å²) in [5.41, 5.74) is 6.40. The highest BCUT2D eigenvalue weighted by atomic mass is 35.5. The Labute approximate surface area is 96.7 Å². The fraction of sp³-hybridized carbons (Fsp3) is 0. The van der Waals surface area contributed by atoms with E-state index in [1.165, 1.54) is 18.0 Å². The summed E-state index contributed by atoms with van der Waals surface area (Å²) in [6.07, 6.45) is 3.16. The molecule has 0 fully saturated rings. The maximum absolute atomic E-state index is 5.67. The minimum atomic E-state index is 0.395. The van der Waals surface area contributed by atoms with Gasteiger partial charge in [-0.3, -0.25) is 0 Å². The van der Waals surface area contributed by atoms with Crippen LogP contribution in [0.25, 0.3) is 0 Å². The van der Waals surface area contributed by atoms with Crippen LogP contribution in [0.1, 0.15) is 0 Å². The molecule has 0 amide bonds. The molecule has 2 rings (SSSR count). The molecule has 0 saturated carbocycles. The molecular weight excluding hydrogens is 230 g/mol. The van der Waals surface area contributed by atoms with E-state index in [-0.39, 0.29) is 0 Å². The highest BCUT2D eigenvalue weighted by Crippen LogP contribution is 2.26. The Morgan fingerprint density at radius 2 is 2.07 bits per heavy atom. The number of anilines is 1. The number of aromatic nitrogens is 2. The molecule has 1 aromatic heterocycles. The number of halogens is 1. The number of benzene rings is 1. The van der Waals surface area contributed by atoms with Crippen molar-refractivity contribution in [2.75, 3.05) is 5.73 Å². The van der Waals surface area contributed by atoms with Crippen LogP contribution >= 0.6 is 23.4 Å². The van der Waals surface area contributed by atoms with Gasteiger partial charge >= 0.3 is 0 Å². The lowest BCUT2D eigenvalue weighted by atomic mass is 10.3. The lowest BCUT2D eigenvalue weighted by molar-refractivity contribution is 1.06. The van der Waals surface area contributed by atoms with Crippen LogP contribution in [0.5, 0.6) is 0 Å². The topological polar surface area (TPSA) is 51.8 Å². The first kappa shape index (κ1) is 10.3. The molecule has 1 heterocycles. The summed E-state index contributed by atoms with van der Waals surface area (Å²) in [7, 11) is 0. The van der Waals surface area contributed by atoms with Crippen molar-refractivity contribution in [3.05, 3.63) is 41.8 Å². The maximum atomic E-state index is 5.67. The van der Waals surface area contributed by atoms with E-state index in [0.29, 0.717) is 5.15 Å². The van der Waals surface area contributed by atoms with E-state index in [0.717, 1.165) is 15.6 Å². The Morgan fingerprint density at radius 1 is 1.20 bits per heavy atom. The second kappa shape index (κ2) is 4.51. The zero-order valence-electron chi connectivity index (χ0n) is 7.72. The van der Waals surface area contributed by atoms with E-state index in [4.69, 9.17) is 17.3 Å². The largest absolute Gasteiger partial charge is 0.399 e. The van der Waals surface area contributed by atoms with Crippen LogP contribution in [0.3, 0.4) is 0 Å². The Kier molecular flexibility index (Phi) is 3.08. The third-order valence-electron chi connectivity index (χ3n) is 1.68. The average Bonchev–Trinajstić information content (AvgIpc) is 2.22. The van der Waals surface area contributed by atoms with E-state index in [1.807, 2.05) is 24.3 Å². The SMILES string of the molecule is Nc1cccc(Sc2cnc(Cl)cn2)c1. The van der Waals surface area contributed by atoms with Crippen molar-refractivity contribution < 1.29 is 0 Å². The average molecular weight is 238 g/mol. The summed E-state index contributed by atoms with van der Waals surface area (Å²) in [6.45, 7) is 0. The fourth-order valence-electron chi connectivity index (χ4n) is 1.05. The van der Waals surface area contributed by atoms with Crippen molar-refractivity contribution in [3.8, 4) is 0 Å². The Hall–Kier alpha value is -1.26. The van der Waals surface area contributed by atoms with Crippen molar-refractivity contribution in [3.63, 3.8) is 0 Å². The lowest BCUT2D eigenvalue weighted by Crippen LogP contribution is -1.85. The van der Waals surface area contributed by atoms with Gasteiger partial charge in [-0.25, -0.2) is 9.97 Å². The quantitative estimate of drug-likeness (QED) is 0.816. The van der Waals surface area contributed by atoms with E-state index in [9.17, 15) is 0 Å². The molecule has 76 valence electrons. The number of hydrogen-bond acceptors (Lipinski definition) is 4. The molecule has 0 saturated heterocycles. The van der Waals surface area contributed by atoms with Gasteiger partial charge in [0.2, 0.25) is 0 Å². The molecule has 0 aliphatic carbocycles. The van der Waals surface area contributed by atoms with Crippen LogP contribution < -0.4 is 5.73 Å². The number of nitrogens with zero attached hydrogens (tertiary/aromatic N) is 2. The van der Waals surface area contributed by atoms with Crippen molar-refractivity contribution in [1.29, 1.82) is 0 Å². The summed E-state index contributed by atoms with van der Waals surface area (Å²) in [5, 5.41) is 1.19. The fourth-order valence-corrected chi connectivity index (χ4v) is 1.94. The van der Waals surface area contributed by atoms with E-state index >= 15 is 0 Å². The van der Waals surface area contributed by atoms with Crippen LogP contribution in [-0.2, 0) is 0 Å². The predicted molar refractivity (Wildman–Crippen MR) is 62.0 cm³/mol. The number of nitrogens with two attached hydrogens (primary N) is 1. The lowest BCUT2D eigenvalue weighted by Gasteiger charge is -2.01. The van der Waals surface area contributed by atoms with E-state index in [1.54, 1.807) is 6.20 Å². The molecule has 3 nitrogen and oxygen atoms in total. The molecule has 0 radical (unpaired) electrons. The first-order valence-electron chi connectivity index (χ1n) is 4.25. The third-order valence-corrected chi connectivity index (χ3v) is 2.78. The Bertz CT molecular complexity index is 458. The second-order valence-electron chi connectivity index (χ2n) is 2.85. The van der Waals surface area contributed by atoms with Crippen LogP contribution in [-0.4, -0.2) is 9.97 Å². The molecule has 0 aliphatic heterocycles. The van der Waals surface area contributed by atoms with Gasteiger partial charge < -0.3 is 5.73 Å². The molecule has 1 aromatic carbocycles. The molecule has 0 unspecified atom stereocenters. The number of hydrogen-bond donors (Lipinski definition) is 1. The van der Waals surface area contributed by atoms with E-state index in [2.05, 4.69) is 9.97 Å². The molecule has 5 heteroatoms.